The van der Waals surface area contributed by atoms with Crippen LogP contribution in [-0.2, 0) is 15.8 Å². The molecule has 0 radical (unpaired) electrons. The summed E-state index contributed by atoms with van der Waals surface area (Å²) in [6.07, 6.45) is 3.67. The van der Waals surface area contributed by atoms with Crippen LogP contribution in [0.15, 0.2) is 59.5 Å². The maximum Gasteiger partial charge on any atom is 0.316 e. The van der Waals surface area contributed by atoms with Crippen molar-refractivity contribution in [1.82, 2.24) is 14.1 Å². The summed E-state index contributed by atoms with van der Waals surface area (Å²) in [5, 5.41) is 14.1. The smallest absolute Gasteiger partial charge is 0.316 e. The number of nitriles is 1. The van der Waals surface area contributed by atoms with Gasteiger partial charge in [-0.15, -0.1) is 0 Å². The Bertz CT molecular complexity index is 1560. The third-order valence-corrected chi connectivity index (χ3v) is 9.29. The molecule has 2 fully saturated rings. The average Bonchev–Trinajstić information content (AvgIpc) is 3.69. The first-order chi connectivity index (χ1) is 18.7. The Morgan fingerprint density at radius 2 is 1.82 bits per heavy atom. The predicted octanol–water partition coefficient (Wildman–Crippen LogP) is 3.19. The summed E-state index contributed by atoms with van der Waals surface area (Å²) in [6.45, 7) is 1.49. The van der Waals surface area contributed by atoms with Crippen LogP contribution in [0.4, 0.5) is 11.4 Å². The van der Waals surface area contributed by atoms with E-state index in [1.54, 1.807) is 54.7 Å². The summed E-state index contributed by atoms with van der Waals surface area (Å²) < 4.78 is 35.0. The van der Waals surface area contributed by atoms with Gasteiger partial charge in [0, 0.05) is 48.7 Å². The van der Waals surface area contributed by atoms with Crippen LogP contribution in [-0.4, -0.2) is 55.3 Å². The van der Waals surface area contributed by atoms with Gasteiger partial charge in [-0.1, -0.05) is 29.8 Å². The number of ether oxygens (including phenoxy) is 1. The van der Waals surface area contributed by atoms with Crippen molar-refractivity contribution in [3.8, 4) is 17.5 Å². The third kappa shape index (κ3) is 6.03. The lowest BCUT2D eigenvalue weighted by molar-refractivity contribution is 0.232. The van der Waals surface area contributed by atoms with Gasteiger partial charge in [-0.2, -0.15) is 19.3 Å². The molecule has 0 spiro atoms. The van der Waals surface area contributed by atoms with Crippen LogP contribution in [0.3, 0.4) is 0 Å². The Morgan fingerprint density at radius 1 is 1.10 bits per heavy atom. The zero-order valence-electron chi connectivity index (χ0n) is 21.3. The second-order valence-corrected chi connectivity index (χ2v) is 12.5. The number of piperazine rings is 1. The Hall–Kier alpha value is -3.59. The third-order valence-electron chi connectivity index (χ3n) is 7.20. The quantitative estimate of drug-likeness (QED) is 0.389. The Labute approximate surface area is 232 Å². The van der Waals surface area contributed by atoms with Crippen LogP contribution in [0.1, 0.15) is 24.8 Å². The van der Waals surface area contributed by atoms with Gasteiger partial charge in [0.05, 0.1) is 30.3 Å². The summed E-state index contributed by atoms with van der Waals surface area (Å²) >= 11 is 6.14. The average molecular weight is 569 g/mol. The van der Waals surface area contributed by atoms with Crippen LogP contribution in [0.2, 0.25) is 5.02 Å². The molecule has 0 amide bonds. The predicted molar refractivity (Wildman–Crippen MR) is 150 cm³/mol. The molecule has 2 aromatic carbocycles. The van der Waals surface area contributed by atoms with E-state index in [1.165, 1.54) is 8.99 Å². The van der Waals surface area contributed by atoms with Crippen molar-refractivity contribution in [2.24, 2.45) is 5.41 Å². The van der Waals surface area contributed by atoms with E-state index < -0.39 is 15.6 Å². The Balaban J connectivity index is 1.37. The zero-order chi connectivity index (χ0) is 27.6. The lowest BCUT2D eigenvalue weighted by atomic mass is 10.1. The fourth-order valence-corrected chi connectivity index (χ4v) is 6.35. The van der Waals surface area contributed by atoms with Gasteiger partial charge in [-0.3, -0.25) is 4.79 Å². The largest absolute Gasteiger partial charge is 0.486 e. The summed E-state index contributed by atoms with van der Waals surface area (Å²) in [5.41, 5.74) is 7.28. The van der Waals surface area contributed by atoms with Crippen molar-refractivity contribution in [1.29, 1.82) is 5.26 Å². The molecule has 204 valence electrons. The lowest BCUT2D eigenvalue weighted by Gasteiger charge is -2.35. The minimum Gasteiger partial charge on any atom is -0.486 e. The number of sulfonamides is 1. The zero-order valence-corrected chi connectivity index (χ0v) is 22.9. The van der Waals surface area contributed by atoms with E-state index in [1.807, 2.05) is 4.90 Å². The molecule has 2 heterocycles. The summed E-state index contributed by atoms with van der Waals surface area (Å²) in [7, 11) is -3.54. The van der Waals surface area contributed by atoms with E-state index in [4.69, 9.17) is 22.1 Å². The standard InChI is InChI=1S/C27H29ClN6O4S/c28-21-2-1-3-23(16-21)34-26(35)25(38-19-27(8-9-27)10-11-29)24(17-31-34)32-12-14-33(15-13-32)39(36,37)18-20-4-6-22(30)7-5-20/h1-7,16-17H,8-10,12-15,18-19,30H2. The fourth-order valence-electron chi connectivity index (χ4n) is 4.65. The molecule has 0 unspecified atom stereocenters. The van der Waals surface area contributed by atoms with Crippen molar-refractivity contribution in [3.63, 3.8) is 0 Å². The molecule has 1 aromatic heterocycles. The fraction of sp³-hybridized carbons (Fsp3) is 0.370. The molecule has 1 saturated carbocycles. The van der Waals surface area contributed by atoms with E-state index >= 15 is 0 Å². The number of aromatic nitrogens is 2. The van der Waals surface area contributed by atoms with E-state index in [0.29, 0.717) is 47.2 Å². The monoisotopic (exact) mass is 568 g/mol. The molecule has 5 rings (SSSR count). The molecule has 1 aliphatic heterocycles. The first-order valence-corrected chi connectivity index (χ1v) is 14.6. The van der Waals surface area contributed by atoms with Crippen molar-refractivity contribution < 1.29 is 13.2 Å². The number of rotatable bonds is 9. The van der Waals surface area contributed by atoms with E-state index in [0.717, 1.165) is 12.8 Å². The van der Waals surface area contributed by atoms with Crippen LogP contribution in [0.5, 0.6) is 5.75 Å². The van der Waals surface area contributed by atoms with E-state index in [-0.39, 0.29) is 36.6 Å². The summed E-state index contributed by atoms with van der Waals surface area (Å²) in [5.74, 6) is 0.0206. The van der Waals surface area contributed by atoms with Gasteiger partial charge >= 0.3 is 5.56 Å². The van der Waals surface area contributed by atoms with Crippen LogP contribution >= 0.6 is 11.6 Å². The molecular weight excluding hydrogens is 540 g/mol. The van der Waals surface area contributed by atoms with Gasteiger partial charge in [0.2, 0.25) is 15.8 Å². The molecule has 3 aromatic rings. The molecule has 10 nitrogen and oxygen atoms in total. The number of hydrogen-bond donors (Lipinski definition) is 1. The number of halogens is 1. The first-order valence-electron chi connectivity index (χ1n) is 12.6. The minimum absolute atomic E-state index is 0.111. The maximum atomic E-state index is 13.6. The van der Waals surface area contributed by atoms with Crippen molar-refractivity contribution in [2.45, 2.75) is 25.0 Å². The molecule has 39 heavy (non-hydrogen) atoms. The maximum absolute atomic E-state index is 13.6. The van der Waals surface area contributed by atoms with Gasteiger partial charge < -0.3 is 15.4 Å². The normalized spacial score (nSPS) is 17.0. The molecule has 2 N–H and O–H groups in total. The highest BCUT2D eigenvalue weighted by Gasteiger charge is 2.44. The van der Waals surface area contributed by atoms with Crippen molar-refractivity contribution in [3.05, 3.63) is 75.7 Å². The van der Waals surface area contributed by atoms with Gasteiger partial charge in [0.15, 0.2) is 0 Å². The second-order valence-electron chi connectivity index (χ2n) is 10.1. The topological polar surface area (TPSA) is 135 Å². The molecule has 12 heteroatoms. The highest BCUT2D eigenvalue weighted by atomic mass is 35.5. The lowest BCUT2D eigenvalue weighted by Crippen LogP contribution is -2.49. The number of hydrogen-bond acceptors (Lipinski definition) is 8. The SMILES string of the molecule is N#CCC1(COc2c(N3CCN(S(=O)(=O)Cc4ccc(N)cc4)CC3)cnn(-c3cccc(Cl)c3)c2=O)CC1. The summed E-state index contributed by atoms with van der Waals surface area (Å²) in [6, 6.07) is 15.8. The van der Waals surface area contributed by atoms with E-state index in [2.05, 4.69) is 11.2 Å². The van der Waals surface area contributed by atoms with Crippen molar-refractivity contribution in [2.75, 3.05) is 43.4 Å². The number of benzene rings is 2. The van der Waals surface area contributed by atoms with Gasteiger partial charge in [0.25, 0.3) is 0 Å². The molecular formula is C27H29ClN6O4S. The molecule has 1 aliphatic carbocycles. The van der Waals surface area contributed by atoms with E-state index in [9.17, 15) is 18.5 Å². The Kier molecular flexibility index (Phi) is 7.53. The van der Waals surface area contributed by atoms with Crippen LogP contribution in [0, 0.1) is 16.7 Å². The summed E-state index contributed by atoms with van der Waals surface area (Å²) in [4.78, 5) is 15.5. The molecule has 0 bridgehead atoms. The van der Waals surface area contributed by atoms with Gasteiger partial charge in [-0.05, 0) is 48.7 Å². The minimum atomic E-state index is -3.54. The molecule has 2 aliphatic rings. The highest BCUT2D eigenvalue weighted by Crippen LogP contribution is 2.49. The number of anilines is 2. The van der Waals surface area contributed by atoms with Gasteiger partial charge in [0.1, 0.15) is 5.69 Å². The number of nitrogens with zero attached hydrogens (tertiary/aromatic N) is 5. The number of nitrogens with two attached hydrogens (primary N) is 1. The van der Waals surface area contributed by atoms with Crippen LogP contribution in [0.25, 0.3) is 5.69 Å². The molecule has 0 atom stereocenters. The van der Waals surface area contributed by atoms with Gasteiger partial charge in [-0.25, -0.2) is 8.42 Å². The first kappa shape index (κ1) is 27.0. The number of nitrogen functional groups attached to an aromatic ring is 1. The van der Waals surface area contributed by atoms with Crippen molar-refractivity contribution >= 4 is 33.0 Å². The van der Waals surface area contributed by atoms with Crippen LogP contribution < -0.4 is 20.9 Å². The highest BCUT2D eigenvalue weighted by molar-refractivity contribution is 7.88. The second kappa shape index (κ2) is 10.9. The Morgan fingerprint density at radius 3 is 2.46 bits per heavy atom. The molecule has 1 saturated heterocycles.